The molecule has 2 aromatic rings. The fourth-order valence-corrected chi connectivity index (χ4v) is 3.36. The zero-order chi connectivity index (χ0) is 18.1. The molecule has 1 heterocycles. The molecule has 2 aromatic carbocycles. The lowest BCUT2D eigenvalue weighted by atomic mass is 10.0. The Morgan fingerprint density at radius 2 is 1.96 bits per heavy atom. The molecule has 0 aliphatic carbocycles. The molecule has 1 unspecified atom stereocenters. The maximum absolute atomic E-state index is 14.2. The number of nitrogens with zero attached hydrogens (tertiary/aromatic N) is 2. The van der Waals surface area contributed by atoms with Crippen LogP contribution in [0, 0.1) is 11.6 Å². The monoisotopic (exact) mass is 406 g/mol. The van der Waals surface area contributed by atoms with Gasteiger partial charge in [-0.05, 0) is 41.5 Å². The Bertz CT molecular complexity index is 851. The van der Waals surface area contributed by atoms with E-state index in [4.69, 9.17) is 0 Å². The van der Waals surface area contributed by atoms with Crippen molar-refractivity contribution in [1.82, 2.24) is 9.80 Å². The largest absolute Gasteiger partial charge is 0.331 e. The van der Waals surface area contributed by atoms with Gasteiger partial charge >= 0.3 is 6.03 Å². The van der Waals surface area contributed by atoms with E-state index in [9.17, 15) is 13.6 Å². The van der Waals surface area contributed by atoms with Crippen LogP contribution in [0.3, 0.4) is 0 Å². The van der Waals surface area contributed by atoms with E-state index in [-0.39, 0.29) is 24.2 Å². The van der Waals surface area contributed by atoms with Gasteiger partial charge in [-0.2, -0.15) is 0 Å². The van der Waals surface area contributed by atoms with Crippen LogP contribution in [0.1, 0.15) is 17.2 Å². The third-order valence-electron chi connectivity index (χ3n) is 4.13. The first-order valence-corrected chi connectivity index (χ1v) is 8.55. The second-order valence-corrected chi connectivity index (χ2v) is 7.04. The zero-order valence-corrected chi connectivity index (χ0v) is 15.4. The van der Waals surface area contributed by atoms with Gasteiger partial charge in [0.1, 0.15) is 11.6 Å². The molecule has 6 heteroatoms. The Kier molecular flexibility index (Phi) is 4.90. The number of urea groups is 1. The lowest BCUT2D eigenvalue weighted by Crippen LogP contribution is -2.39. The van der Waals surface area contributed by atoms with Gasteiger partial charge in [0.05, 0.1) is 6.04 Å². The second-order valence-electron chi connectivity index (χ2n) is 6.12. The van der Waals surface area contributed by atoms with Crippen LogP contribution in [0.2, 0.25) is 0 Å². The zero-order valence-electron chi connectivity index (χ0n) is 13.8. The van der Waals surface area contributed by atoms with E-state index in [1.165, 1.54) is 11.0 Å². The fourth-order valence-electron chi connectivity index (χ4n) is 2.94. The summed E-state index contributed by atoms with van der Waals surface area (Å²) in [6.45, 7) is 0.217. The van der Waals surface area contributed by atoms with Gasteiger partial charge in [0, 0.05) is 30.7 Å². The molecule has 0 spiro atoms. The molecular weight excluding hydrogens is 390 g/mol. The van der Waals surface area contributed by atoms with E-state index >= 15 is 0 Å². The molecule has 0 bridgehead atoms. The van der Waals surface area contributed by atoms with Gasteiger partial charge in [0.2, 0.25) is 0 Å². The number of rotatable bonds is 2. The molecule has 3 nitrogen and oxygen atoms in total. The van der Waals surface area contributed by atoms with Crippen molar-refractivity contribution in [2.24, 2.45) is 0 Å². The molecular formula is C19H17BrF2N2O. The highest BCUT2D eigenvalue weighted by atomic mass is 79.9. The van der Waals surface area contributed by atoms with E-state index < -0.39 is 11.6 Å². The van der Waals surface area contributed by atoms with E-state index in [2.05, 4.69) is 15.9 Å². The van der Waals surface area contributed by atoms with Crippen molar-refractivity contribution in [2.45, 2.75) is 6.04 Å². The smallest absolute Gasteiger partial charge is 0.320 e. The van der Waals surface area contributed by atoms with E-state index in [1.54, 1.807) is 19.0 Å². The van der Waals surface area contributed by atoms with Crippen molar-refractivity contribution in [3.63, 3.8) is 0 Å². The average Bonchev–Trinajstić information content (AvgIpc) is 3.01. The maximum Gasteiger partial charge on any atom is 0.320 e. The van der Waals surface area contributed by atoms with Crippen LogP contribution in [0.15, 0.2) is 53.0 Å². The summed E-state index contributed by atoms with van der Waals surface area (Å²) in [6.07, 6.45) is 1.82. The SMILES string of the molecule is CN(C)C(=O)N1CC(c2cc(F)ccc2F)=CC1c1cccc(Br)c1. The number of carbonyl (C=O) groups excluding carboxylic acids is 1. The molecule has 1 aliphatic heterocycles. The average molecular weight is 407 g/mol. The first-order chi connectivity index (χ1) is 11.9. The number of amides is 2. The summed E-state index contributed by atoms with van der Waals surface area (Å²) in [7, 11) is 3.34. The minimum atomic E-state index is -0.506. The highest BCUT2D eigenvalue weighted by Crippen LogP contribution is 2.36. The molecule has 1 atom stereocenters. The Balaban J connectivity index is 2.05. The second kappa shape index (κ2) is 6.96. The van der Waals surface area contributed by atoms with Crippen LogP contribution in [-0.2, 0) is 0 Å². The van der Waals surface area contributed by atoms with Crippen molar-refractivity contribution in [1.29, 1.82) is 0 Å². The molecule has 130 valence electrons. The van der Waals surface area contributed by atoms with E-state index in [0.29, 0.717) is 5.57 Å². The Morgan fingerprint density at radius 1 is 1.20 bits per heavy atom. The quantitative estimate of drug-likeness (QED) is 0.698. The molecule has 0 aromatic heterocycles. The summed E-state index contributed by atoms with van der Waals surface area (Å²) in [5.41, 5.74) is 1.68. The summed E-state index contributed by atoms with van der Waals surface area (Å²) >= 11 is 3.43. The normalized spacial score (nSPS) is 16.8. The van der Waals surface area contributed by atoms with E-state index in [0.717, 1.165) is 22.2 Å². The third-order valence-corrected chi connectivity index (χ3v) is 4.62. The van der Waals surface area contributed by atoms with Gasteiger partial charge < -0.3 is 9.80 Å². The molecule has 1 aliphatic rings. The van der Waals surface area contributed by atoms with Crippen LogP contribution >= 0.6 is 15.9 Å². The molecule has 0 N–H and O–H groups in total. The van der Waals surface area contributed by atoms with Gasteiger partial charge in [-0.1, -0.05) is 34.1 Å². The first-order valence-electron chi connectivity index (χ1n) is 7.76. The molecule has 0 saturated carbocycles. The predicted octanol–water partition coefficient (Wildman–Crippen LogP) is 4.85. The van der Waals surface area contributed by atoms with Crippen molar-refractivity contribution in [3.05, 3.63) is 75.8 Å². The van der Waals surface area contributed by atoms with Crippen molar-refractivity contribution < 1.29 is 13.6 Å². The van der Waals surface area contributed by atoms with Gasteiger partial charge in [-0.3, -0.25) is 0 Å². The maximum atomic E-state index is 14.2. The number of benzene rings is 2. The number of halogens is 3. The lowest BCUT2D eigenvalue weighted by Gasteiger charge is -2.28. The van der Waals surface area contributed by atoms with Crippen LogP contribution in [-0.4, -0.2) is 36.5 Å². The third kappa shape index (κ3) is 3.58. The topological polar surface area (TPSA) is 23.6 Å². The van der Waals surface area contributed by atoms with Crippen LogP contribution in [0.25, 0.3) is 5.57 Å². The lowest BCUT2D eigenvalue weighted by molar-refractivity contribution is 0.170. The summed E-state index contributed by atoms with van der Waals surface area (Å²) in [5.74, 6) is -1.01. The highest BCUT2D eigenvalue weighted by Gasteiger charge is 2.32. The number of carbonyl (C=O) groups is 1. The van der Waals surface area contributed by atoms with Gasteiger partial charge in [0.25, 0.3) is 0 Å². The Morgan fingerprint density at radius 3 is 2.64 bits per heavy atom. The molecule has 25 heavy (non-hydrogen) atoms. The van der Waals surface area contributed by atoms with Gasteiger partial charge in [-0.25, -0.2) is 13.6 Å². The van der Waals surface area contributed by atoms with Crippen molar-refractivity contribution in [3.8, 4) is 0 Å². The van der Waals surface area contributed by atoms with Gasteiger partial charge in [0.15, 0.2) is 0 Å². The molecule has 0 saturated heterocycles. The van der Waals surface area contributed by atoms with Crippen molar-refractivity contribution >= 4 is 27.5 Å². The Labute approximate surface area is 153 Å². The summed E-state index contributed by atoms with van der Waals surface area (Å²) in [4.78, 5) is 15.7. The van der Waals surface area contributed by atoms with E-state index in [1.807, 2.05) is 30.3 Å². The predicted molar refractivity (Wildman–Crippen MR) is 97.0 cm³/mol. The molecule has 0 radical (unpaired) electrons. The summed E-state index contributed by atoms with van der Waals surface area (Å²) in [5, 5.41) is 0. The molecule has 3 rings (SSSR count). The minimum Gasteiger partial charge on any atom is -0.331 e. The summed E-state index contributed by atoms with van der Waals surface area (Å²) in [6, 6.07) is 10.4. The fraction of sp³-hybridized carbons (Fsp3) is 0.211. The van der Waals surface area contributed by atoms with Gasteiger partial charge in [-0.15, -0.1) is 0 Å². The number of hydrogen-bond donors (Lipinski definition) is 0. The molecule has 2 amide bonds. The highest BCUT2D eigenvalue weighted by molar-refractivity contribution is 9.10. The Hall–Kier alpha value is -2.21. The molecule has 0 fully saturated rings. The number of hydrogen-bond acceptors (Lipinski definition) is 1. The van der Waals surface area contributed by atoms with Crippen LogP contribution in [0.4, 0.5) is 13.6 Å². The first kappa shape index (κ1) is 17.6. The minimum absolute atomic E-state index is 0.187. The van der Waals surface area contributed by atoms with Crippen LogP contribution < -0.4 is 0 Å². The van der Waals surface area contributed by atoms with Crippen molar-refractivity contribution in [2.75, 3.05) is 20.6 Å². The standard InChI is InChI=1S/C19H17BrF2N2O/c1-23(2)19(25)24-11-13(16-10-15(21)6-7-17(16)22)9-18(24)12-4-3-5-14(20)8-12/h3-10,18H,11H2,1-2H3. The summed E-state index contributed by atoms with van der Waals surface area (Å²) < 4.78 is 28.6. The van der Waals surface area contributed by atoms with Crippen LogP contribution in [0.5, 0.6) is 0 Å².